The van der Waals surface area contributed by atoms with Crippen molar-refractivity contribution >= 4 is 17.5 Å². The number of rotatable bonds is 1. The van der Waals surface area contributed by atoms with E-state index in [1.807, 2.05) is 4.90 Å². The maximum absolute atomic E-state index is 11.7. The molecule has 2 atom stereocenters. The summed E-state index contributed by atoms with van der Waals surface area (Å²) >= 11 is 5.65. The van der Waals surface area contributed by atoms with E-state index in [9.17, 15) is 4.79 Å². The second kappa shape index (κ2) is 3.38. The van der Waals surface area contributed by atoms with Crippen LogP contribution in [0.4, 0.5) is 0 Å². The summed E-state index contributed by atoms with van der Waals surface area (Å²) < 4.78 is 0. The van der Waals surface area contributed by atoms with Crippen LogP contribution < -0.4 is 0 Å². The van der Waals surface area contributed by atoms with Crippen molar-refractivity contribution in [2.24, 2.45) is 10.8 Å². The van der Waals surface area contributed by atoms with E-state index in [1.54, 1.807) is 0 Å². The highest BCUT2D eigenvalue weighted by Gasteiger charge is 2.50. The molecule has 0 N–H and O–H groups in total. The minimum absolute atomic E-state index is 0.114. The van der Waals surface area contributed by atoms with Crippen LogP contribution in [0.3, 0.4) is 0 Å². The van der Waals surface area contributed by atoms with Crippen molar-refractivity contribution in [3.63, 3.8) is 0 Å². The standard InChI is InChI=1S/C12H20ClNO/c1-11(2)4-9-5-12(3,7-11)8-14(9)10(15)6-13/h9H,4-8H2,1-3H3. The van der Waals surface area contributed by atoms with Gasteiger partial charge in [0, 0.05) is 12.6 Å². The SMILES string of the molecule is CC1(C)CC2CC(C)(CN2C(=O)CCl)C1. The summed E-state index contributed by atoms with van der Waals surface area (Å²) in [6.07, 6.45) is 3.52. The lowest BCUT2D eigenvalue weighted by atomic mass is 9.65. The number of carbonyl (C=O) groups excluding carboxylic acids is 1. The van der Waals surface area contributed by atoms with E-state index in [4.69, 9.17) is 11.6 Å². The van der Waals surface area contributed by atoms with Gasteiger partial charge in [-0.25, -0.2) is 0 Å². The van der Waals surface area contributed by atoms with Crippen molar-refractivity contribution < 1.29 is 4.79 Å². The fourth-order valence-electron chi connectivity index (χ4n) is 3.83. The van der Waals surface area contributed by atoms with E-state index in [-0.39, 0.29) is 11.8 Å². The Balaban J connectivity index is 2.20. The second-order valence-electron chi connectivity index (χ2n) is 6.37. The summed E-state index contributed by atoms with van der Waals surface area (Å²) in [7, 11) is 0. The van der Waals surface area contributed by atoms with Crippen LogP contribution in [-0.2, 0) is 4.79 Å². The molecule has 2 bridgehead atoms. The number of halogens is 1. The number of hydrogen-bond donors (Lipinski definition) is 0. The third-order valence-corrected chi connectivity index (χ3v) is 4.08. The quantitative estimate of drug-likeness (QED) is 0.633. The smallest absolute Gasteiger partial charge is 0.237 e. The Morgan fingerprint density at radius 3 is 2.67 bits per heavy atom. The Kier molecular flexibility index (Phi) is 2.53. The van der Waals surface area contributed by atoms with Crippen LogP contribution in [-0.4, -0.2) is 29.3 Å². The van der Waals surface area contributed by atoms with Crippen molar-refractivity contribution in [2.45, 2.75) is 46.1 Å². The van der Waals surface area contributed by atoms with Crippen LogP contribution in [0.25, 0.3) is 0 Å². The number of fused-ring (bicyclic) bond motifs is 2. The molecule has 1 saturated heterocycles. The molecule has 0 aromatic carbocycles. The normalized spacial score (nSPS) is 38.1. The lowest BCUT2D eigenvalue weighted by Crippen LogP contribution is -2.38. The Hall–Kier alpha value is -0.240. The van der Waals surface area contributed by atoms with Crippen molar-refractivity contribution in [3.8, 4) is 0 Å². The summed E-state index contributed by atoms with van der Waals surface area (Å²) in [5.74, 6) is 0.246. The Morgan fingerprint density at radius 2 is 2.07 bits per heavy atom. The van der Waals surface area contributed by atoms with Gasteiger partial charge in [-0.3, -0.25) is 4.79 Å². The molecule has 1 saturated carbocycles. The average Bonchev–Trinajstić information content (AvgIpc) is 2.33. The van der Waals surface area contributed by atoms with Crippen molar-refractivity contribution in [1.82, 2.24) is 4.90 Å². The minimum atomic E-state index is 0.114. The fraction of sp³-hybridized carbons (Fsp3) is 0.917. The molecular weight excluding hydrogens is 210 g/mol. The minimum Gasteiger partial charge on any atom is -0.338 e. The molecule has 2 fully saturated rings. The van der Waals surface area contributed by atoms with E-state index in [0.717, 1.165) is 13.0 Å². The van der Waals surface area contributed by atoms with Crippen LogP contribution in [0, 0.1) is 10.8 Å². The average molecular weight is 230 g/mol. The predicted molar refractivity (Wildman–Crippen MR) is 62.0 cm³/mol. The first kappa shape index (κ1) is 11.3. The third kappa shape index (κ3) is 2.01. The highest BCUT2D eigenvalue weighted by Crippen LogP contribution is 2.52. The van der Waals surface area contributed by atoms with Gasteiger partial charge in [0.05, 0.1) is 0 Å². The number of amides is 1. The maximum atomic E-state index is 11.7. The molecule has 0 aromatic rings. The van der Waals surface area contributed by atoms with Crippen LogP contribution in [0.1, 0.15) is 40.0 Å². The first-order valence-corrected chi connectivity index (χ1v) is 6.24. The third-order valence-electron chi connectivity index (χ3n) is 3.85. The molecule has 0 aromatic heterocycles. The molecule has 2 unspecified atom stereocenters. The highest BCUT2D eigenvalue weighted by atomic mass is 35.5. The topological polar surface area (TPSA) is 20.3 Å². The van der Waals surface area contributed by atoms with Gasteiger partial charge in [-0.1, -0.05) is 20.8 Å². The molecule has 0 radical (unpaired) electrons. The molecule has 1 heterocycles. The van der Waals surface area contributed by atoms with E-state index in [1.165, 1.54) is 12.8 Å². The monoisotopic (exact) mass is 229 g/mol. The van der Waals surface area contributed by atoms with Gasteiger partial charge in [-0.2, -0.15) is 0 Å². The Labute approximate surface area is 97.0 Å². The molecule has 15 heavy (non-hydrogen) atoms. The zero-order chi connectivity index (χ0) is 11.3. The van der Waals surface area contributed by atoms with E-state index >= 15 is 0 Å². The van der Waals surface area contributed by atoms with Gasteiger partial charge >= 0.3 is 0 Å². The Bertz CT molecular complexity index is 289. The summed E-state index contributed by atoms with van der Waals surface area (Å²) in [6, 6.07) is 0.435. The molecular formula is C12H20ClNO. The largest absolute Gasteiger partial charge is 0.338 e. The zero-order valence-corrected chi connectivity index (χ0v) is 10.6. The van der Waals surface area contributed by atoms with Gasteiger partial charge in [-0.15, -0.1) is 11.6 Å². The van der Waals surface area contributed by atoms with Gasteiger partial charge < -0.3 is 4.90 Å². The molecule has 1 aliphatic carbocycles. The predicted octanol–water partition coefficient (Wildman–Crippen LogP) is 2.65. The molecule has 2 nitrogen and oxygen atoms in total. The van der Waals surface area contributed by atoms with Crippen LogP contribution in [0.2, 0.25) is 0 Å². The molecule has 1 amide bonds. The van der Waals surface area contributed by atoms with Gasteiger partial charge in [0.1, 0.15) is 5.88 Å². The van der Waals surface area contributed by atoms with E-state index in [2.05, 4.69) is 20.8 Å². The molecule has 2 rings (SSSR count). The number of likely N-dealkylation sites (tertiary alicyclic amines) is 1. The van der Waals surface area contributed by atoms with Crippen LogP contribution in [0.5, 0.6) is 0 Å². The van der Waals surface area contributed by atoms with Gasteiger partial charge in [0.25, 0.3) is 0 Å². The zero-order valence-electron chi connectivity index (χ0n) is 9.85. The van der Waals surface area contributed by atoms with Gasteiger partial charge in [0.2, 0.25) is 5.91 Å². The van der Waals surface area contributed by atoms with E-state index < -0.39 is 0 Å². The summed E-state index contributed by atoms with van der Waals surface area (Å²) in [6.45, 7) is 7.84. The summed E-state index contributed by atoms with van der Waals surface area (Å²) in [5.41, 5.74) is 0.702. The summed E-state index contributed by atoms with van der Waals surface area (Å²) in [5, 5.41) is 0. The number of carbonyl (C=O) groups is 1. The number of alkyl halides is 1. The fourth-order valence-corrected chi connectivity index (χ4v) is 3.98. The molecule has 86 valence electrons. The lowest BCUT2D eigenvalue weighted by Gasteiger charge is -2.39. The van der Waals surface area contributed by atoms with Crippen molar-refractivity contribution in [3.05, 3.63) is 0 Å². The Morgan fingerprint density at radius 1 is 1.40 bits per heavy atom. The van der Waals surface area contributed by atoms with Gasteiger partial charge in [-0.05, 0) is 30.1 Å². The first-order chi connectivity index (χ1) is 6.85. The van der Waals surface area contributed by atoms with Crippen LogP contribution in [0.15, 0.2) is 0 Å². The number of hydrogen-bond acceptors (Lipinski definition) is 1. The first-order valence-electron chi connectivity index (χ1n) is 5.71. The molecule has 0 spiro atoms. The van der Waals surface area contributed by atoms with Crippen molar-refractivity contribution in [1.29, 1.82) is 0 Å². The van der Waals surface area contributed by atoms with E-state index in [0.29, 0.717) is 16.9 Å². The molecule has 3 heteroatoms. The highest BCUT2D eigenvalue weighted by molar-refractivity contribution is 6.27. The summed E-state index contributed by atoms with van der Waals surface area (Å²) in [4.78, 5) is 13.7. The number of nitrogens with zero attached hydrogens (tertiary/aromatic N) is 1. The molecule has 2 aliphatic rings. The lowest BCUT2D eigenvalue weighted by molar-refractivity contribution is -0.129. The molecule has 1 aliphatic heterocycles. The van der Waals surface area contributed by atoms with Crippen molar-refractivity contribution in [2.75, 3.05) is 12.4 Å². The second-order valence-corrected chi connectivity index (χ2v) is 6.64. The van der Waals surface area contributed by atoms with Gasteiger partial charge in [0.15, 0.2) is 0 Å². The maximum Gasteiger partial charge on any atom is 0.237 e. The van der Waals surface area contributed by atoms with Crippen LogP contribution >= 0.6 is 11.6 Å².